The maximum absolute atomic E-state index is 12.1. The van der Waals surface area contributed by atoms with Crippen molar-refractivity contribution in [3.8, 4) is 11.5 Å². The topological polar surface area (TPSA) is 122 Å². The summed E-state index contributed by atoms with van der Waals surface area (Å²) in [5, 5.41) is 24.4. The second-order valence-corrected chi connectivity index (χ2v) is 4.92. The number of nitro groups is 1. The molecule has 0 atom stereocenters. The van der Waals surface area contributed by atoms with Gasteiger partial charge in [-0.3, -0.25) is 25.0 Å². The number of ether oxygens (including phenoxy) is 1. The summed E-state index contributed by atoms with van der Waals surface area (Å²) in [7, 11) is 0. The fraction of sp³-hybridized carbons (Fsp3) is 0.167. The number of nitrogens with one attached hydrogen (secondary N) is 1. The molecule has 1 fully saturated rings. The molecule has 0 saturated carbocycles. The second kappa shape index (κ2) is 5.83. The lowest BCUT2D eigenvalue weighted by atomic mass is 10.1. The quantitative estimate of drug-likeness (QED) is 0.506. The summed E-state index contributed by atoms with van der Waals surface area (Å²) >= 11 is 0.623. The Labute approximate surface area is 122 Å². The minimum atomic E-state index is -0.670. The zero-order valence-corrected chi connectivity index (χ0v) is 11.6. The number of carbonyl (C=O) groups excluding carboxylic acids is 2. The molecule has 1 aliphatic heterocycles. The molecule has 1 aromatic rings. The van der Waals surface area contributed by atoms with Crippen LogP contribution in [0.4, 0.5) is 10.5 Å². The molecule has 0 aromatic heterocycles. The molecule has 9 heteroatoms. The highest BCUT2D eigenvalue weighted by Gasteiger charge is 2.25. The van der Waals surface area contributed by atoms with Crippen molar-refractivity contribution in [1.29, 1.82) is 0 Å². The SMILES string of the molecule is CCOc1cc([N+](=O)[O-])cc(/C=C2/SC(=O)NC2=O)c1[O-]. The minimum Gasteiger partial charge on any atom is -0.870 e. The van der Waals surface area contributed by atoms with Gasteiger partial charge in [-0.25, -0.2) is 0 Å². The highest BCUT2D eigenvalue weighted by molar-refractivity contribution is 8.18. The van der Waals surface area contributed by atoms with Crippen molar-refractivity contribution in [2.24, 2.45) is 0 Å². The first-order chi connectivity index (χ1) is 9.92. The van der Waals surface area contributed by atoms with E-state index in [4.69, 9.17) is 4.74 Å². The van der Waals surface area contributed by atoms with E-state index < -0.39 is 21.8 Å². The van der Waals surface area contributed by atoms with Crippen molar-refractivity contribution in [1.82, 2.24) is 5.32 Å². The second-order valence-electron chi connectivity index (χ2n) is 3.90. The number of hydrogen-bond donors (Lipinski definition) is 1. The molecule has 1 saturated heterocycles. The van der Waals surface area contributed by atoms with Crippen LogP contribution < -0.4 is 15.2 Å². The predicted octanol–water partition coefficient (Wildman–Crippen LogP) is 1.39. The molecule has 2 rings (SSSR count). The number of amides is 2. The first-order valence-corrected chi connectivity index (χ1v) is 6.61. The maximum Gasteiger partial charge on any atom is 0.290 e. The Bertz CT molecular complexity index is 670. The van der Waals surface area contributed by atoms with Gasteiger partial charge in [0.1, 0.15) is 5.75 Å². The minimum absolute atomic E-state index is 0.0000430. The van der Waals surface area contributed by atoms with Gasteiger partial charge in [0.15, 0.2) is 0 Å². The van der Waals surface area contributed by atoms with Crippen molar-refractivity contribution in [3.05, 3.63) is 32.7 Å². The van der Waals surface area contributed by atoms with Crippen LogP contribution in [0.2, 0.25) is 0 Å². The van der Waals surface area contributed by atoms with Crippen molar-refractivity contribution in [2.75, 3.05) is 6.61 Å². The van der Waals surface area contributed by atoms with E-state index in [1.165, 1.54) is 0 Å². The van der Waals surface area contributed by atoms with E-state index in [0.29, 0.717) is 11.8 Å². The molecule has 0 bridgehead atoms. The molecule has 0 aliphatic carbocycles. The molecule has 1 aromatic carbocycles. The lowest BCUT2D eigenvalue weighted by molar-refractivity contribution is -0.385. The summed E-state index contributed by atoms with van der Waals surface area (Å²) < 4.78 is 5.06. The normalized spacial score (nSPS) is 16.1. The molecule has 8 nitrogen and oxygen atoms in total. The highest BCUT2D eigenvalue weighted by atomic mass is 32.2. The van der Waals surface area contributed by atoms with Gasteiger partial charge in [0.05, 0.1) is 22.5 Å². The van der Waals surface area contributed by atoms with Crippen LogP contribution in [0.5, 0.6) is 11.5 Å². The number of imide groups is 1. The van der Waals surface area contributed by atoms with Crippen LogP contribution in [-0.4, -0.2) is 22.7 Å². The Morgan fingerprint density at radius 2 is 2.14 bits per heavy atom. The number of hydrogen-bond acceptors (Lipinski definition) is 7. The maximum atomic E-state index is 12.1. The highest BCUT2D eigenvalue weighted by Crippen LogP contribution is 2.36. The molecule has 2 amide bonds. The monoisotopic (exact) mass is 309 g/mol. The first kappa shape index (κ1) is 14.9. The molecule has 0 radical (unpaired) electrons. The van der Waals surface area contributed by atoms with Gasteiger partial charge in [0.25, 0.3) is 16.8 Å². The van der Waals surface area contributed by atoms with Crippen molar-refractivity contribution in [2.45, 2.75) is 6.92 Å². The number of rotatable bonds is 4. The zero-order chi connectivity index (χ0) is 15.6. The van der Waals surface area contributed by atoms with Gasteiger partial charge in [-0.15, -0.1) is 0 Å². The number of non-ortho nitro benzene ring substituents is 1. The lowest BCUT2D eigenvalue weighted by Crippen LogP contribution is -2.17. The lowest BCUT2D eigenvalue weighted by Gasteiger charge is -2.16. The van der Waals surface area contributed by atoms with Gasteiger partial charge >= 0.3 is 0 Å². The molecule has 0 unspecified atom stereocenters. The zero-order valence-electron chi connectivity index (χ0n) is 10.7. The molecule has 21 heavy (non-hydrogen) atoms. The standard InChI is InChI=1S/C12H10N2O6S/c1-2-20-8-5-7(14(18)19)3-6(10(8)15)4-9-11(16)13-12(17)21-9/h3-5,15H,2H2,1H3,(H,13,16,17)/p-1/b9-4+. The summed E-state index contributed by atoms with van der Waals surface area (Å²) in [4.78, 5) is 32.7. The van der Waals surface area contributed by atoms with Crippen LogP contribution in [0, 0.1) is 10.1 Å². The van der Waals surface area contributed by atoms with Crippen LogP contribution in [-0.2, 0) is 4.79 Å². The van der Waals surface area contributed by atoms with E-state index in [0.717, 1.165) is 18.2 Å². The Morgan fingerprint density at radius 1 is 1.43 bits per heavy atom. The van der Waals surface area contributed by atoms with E-state index in [9.17, 15) is 24.8 Å². The number of carbonyl (C=O) groups is 2. The van der Waals surface area contributed by atoms with Crippen molar-refractivity contribution < 1.29 is 24.4 Å². The van der Waals surface area contributed by atoms with Crippen LogP contribution in [0.15, 0.2) is 17.0 Å². The average molecular weight is 309 g/mol. The van der Waals surface area contributed by atoms with Crippen LogP contribution in [0.1, 0.15) is 12.5 Å². The molecular formula is C12H9N2O6S-. The number of nitro benzene ring substituents is 1. The molecule has 1 N–H and O–H groups in total. The fourth-order valence-corrected chi connectivity index (χ4v) is 2.32. The van der Waals surface area contributed by atoms with E-state index in [1.54, 1.807) is 6.92 Å². The summed E-state index contributed by atoms with van der Waals surface area (Å²) in [6.07, 6.45) is 1.14. The Kier molecular flexibility index (Phi) is 4.13. The number of thioether (sulfide) groups is 1. The third-order valence-corrected chi connectivity index (χ3v) is 3.32. The average Bonchev–Trinajstić information content (AvgIpc) is 2.72. The van der Waals surface area contributed by atoms with Crippen LogP contribution in [0.25, 0.3) is 6.08 Å². The Balaban J connectivity index is 2.52. The largest absolute Gasteiger partial charge is 0.870 e. The molecule has 110 valence electrons. The van der Waals surface area contributed by atoms with E-state index in [2.05, 4.69) is 0 Å². The van der Waals surface area contributed by atoms with Gasteiger partial charge in [-0.05, 0) is 30.3 Å². The van der Waals surface area contributed by atoms with Gasteiger partial charge < -0.3 is 9.84 Å². The third-order valence-electron chi connectivity index (χ3n) is 2.51. The van der Waals surface area contributed by atoms with E-state index in [-0.39, 0.29) is 28.5 Å². The first-order valence-electron chi connectivity index (χ1n) is 5.79. The van der Waals surface area contributed by atoms with Crippen molar-refractivity contribution in [3.63, 3.8) is 0 Å². The van der Waals surface area contributed by atoms with Crippen molar-refractivity contribution >= 4 is 34.7 Å². The summed E-state index contributed by atoms with van der Waals surface area (Å²) in [6, 6.07) is 2.06. The van der Waals surface area contributed by atoms with E-state index in [1.807, 2.05) is 5.32 Å². The Hall–Kier alpha value is -2.55. The van der Waals surface area contributed by atoms with Gasteiger partial charge in [0.2, 0.25) is 0 Å². The number of benzene rings is 1. The Morgan fingerprint density at radius 3 is 2.67 bits per heavy atom. The molecule has 1 heterocycles. The number of nitrogens with zero attached hydrogens (tertiary/aromatic N) is 1. The van der Waals surface area contributed by atoms with Gasteiger partial charge in [0, 0.05) is 6.07 Å². The third kappa shape index (κ3) is 3.14. The van der Waals surface area contributed by atoms with E-state index >= 15 is 0 Å². The molecular weight excluding hydrogens is 300 g/mol. The summed E-state index contributed by atoms with van der Waals surface area (Å²) in [5.74, 6) is -1.40. The van der Waals surface area contributed by atoms with Crippen LogP contribution >= 0.6 is 11.8 Å². The predicted molar refractivity (Wildman–Crippen MR) is 72.8 cm³/mol. The summed E-state index contributed by atoms with van der Waals surface area (Å²) in [6.45, 7) is 1.80. The van der Waals surface area contributed by atoms with Crippen LogP contribution in [0.3, 0.4) is 0 Å². The van der Waals surface area contributed by atoms with Gasteiger partial charge in [-0.2, -0.15) is 0 Å². The molecule has 1 aliphatic rings. The summed E-state index contributed by atoms with van der Waals surface area (Å²) in [5.41, 5.74) is -0.417. The molecule has 0 spiro atoms. The smallest absolute Gasteiger partial charge is 0.290 e. The fourth-order valence-electron chi connectivity index (χ4n) is 1.65. The van der Waals surface area contributed by atoms with Gasteiger partial charge in [-0.1, -0.05) is 5.75 Å².